The van der Waals surface area contributed by atoms with Crippen molar-refractivity contribution in [3.63, 3.8) is 0 Å². The molecule has 4 atom stereocenters. The van der Waals surface area contributed by atoms with Crippen LogP contribution < -0.4 is 10.6 Å². The van der Waals surface area contributed by atoms with E-state index in [1.54, 1.807) is 0 Å². The van der Waals surface area contributed by atoms with Crippen LogP contribution in [-0.4, -0.2) is 48.2 Å². The second kappa shape index (κ2) is 12.9. The quantitative estimate of drug-likeness (QED) is 0.318. The first-order valence-electron chi connectivity index (χ1n) is 13.7. The molecule has 1 aliphatic heterocycles. The van der Waals surface area contributed by atoms with E-state index in [4.69, 9.17) is 4.74 Å². The van der Waals surface area contributed by atoms with E-state index >= 15 is 0 Å². The van der Waals surface area contributed by atoms with Crippen molar-refractivity contribution < 1.29 is 14.6 Å². The largest absolute Gasteiger partial charge is 0.390 e. The predicted molar refractivity (Wildman–Crippen MR) is 154 cm³/mol. The minimum Gasteiger partial charge on any atom is -0.390 e. The van der Waals surface area contributed by atoms with Crippen molar-refractivity contribution in [2.24, 2.45) is 0 Å². The van der Waals surface area contributed by atoms with Gasteiger partial charge >= 0.3 is 0 Å². The van der Waals surface area contributed by atoms with E-state index in [1.165, 1.54) is 22.3 Å². The van der Waals surface area contributed by atoms with Gasteiger partial charge in [-0.05, 0) is 59.8 Å². The molecule has 1 fully saturated rings. The Balaban J connectivity index is 0.985. The maximum absolute atomic E-state index is 12.9. The minimum atomic E-state index is -0.575. The lowest BCUT2D eigenvalue weighted by molar-refractivity contribution is -0.124. The smallest absolute Gasteiger partial charge is 0.237 e. The lowest BCUT2D eigenvalue weighted by atomic mass is 10.1. The third-order valence-corrected chi connectivity index (χ3v) is 8.63. The number of nitrogens with one attached hydrogen (secondary N) is 2. The molecule has 38 heavy (non-hydrogen) atoms. The van der Waals surface area contributed by atoms with Gasteiger partial charge in [0.2, 0.25) is 5.91 Å². The van der Waals surface area contributed by atoms with E-state index in [-0.39, 0.29) is 24.1 Å². The summed E-state index contributed by atoms with van der Waals surface area (Å²) in [5.74, 6) is 2.11. The zero-order valence-electron chi connectivity index (χ0n) is 22.1. The molecule has 1 heterocycles. The van der Waals surface area contributed by atoms with Gasteiger partial charge in [-0.1, -0.05) is 78.4 Å². The van der Waals surface area contributed by atoms with Gasteiger partial charge in [-0.15, -0.1) is 0 Å². The fraction of sp³-hybridized carbons (Fsp3) is 0.406. The Morgan fingerprint density at radius 3 is 2.50 bits per heavy atom. The van der Waals surface area contributed by atoms with Crippen LogP contribution in [0, 0.1) is 6.92 Å². The highest BCUT2D eigenvalue weighted by molar-refractivity contribution is 7.98. The topological polar surface area (TPSA) is 70.6 Å². The van der Waals surface area contributed by atoms with Crippen LogP contribution in [0.5, 0.6) is 0 Å². The fourth-order valence-corrected chi connectivity index (χ4v) is 6.26. The van der Waals surface area contributed by atoms with Crippen LogP contribution in [0.2, 0.25) is 0 Å². The average Bonchev–Trinajstić information content (AvgIpc) is 3.53. The van der Waals surface area contributed by atoms with Crippen LogP contribution in [0.25, 0.3) is 0 Å². The molecule has 1 saturated heterocycles. The Kier molecular flexibility index (Phi) is 9.18. The molecule has 0 aromatic heterocycles. The molecule has 3 aromatic rings. The van der Waals surface area contributed by atoms with Gasteiger partial charge < -0.3 is 20.5 Å². The number of rotatable bonds is 11. The molecule has 6 heteroatoms. The third kappa shape index (κ3) is 7.06. The Morgan fingerprint density at radius 2 is 1.71 bits per heavy atom. The Hall–Kier alpha value is -2.64. The molecular formula is C32H38N2O3S. The SMILES string of the molecule is Cc1ccc(CSCCc2ccc(CCO[C@H]3CN[C@H](C(=O)N[C@H]4c5ccccc5C[C@H]4O)C3)cc2)cc1. The standard InChI is InChI=1S/C32H38N2O3S/c1-22-6-8-25(9-7-22)21-38-17-15-24-12-10-23(11-13-24)14-16-37-27-19-29(33-20-27)32(36)34-31-28-5-3-2-4-26(28)18-30(31)35/h2-13,27,29-31,33,35H,14-21H2,1H3,(H,34,36)/t27-,29+,30-,31+/m1/s1. The zero-order chi connectivity index (χ0) is 26.3. The summed E-state index contributed by atoms with van der Waals surface area (Å²) in [4.78, 5) is 12.9. The first-order valence-corrected chi connectivity index (χ1v) is 14.8. The number of aliphatic hydroxyl groups excluding tert-OH is 1. The van der Waals surface area contributed by atoms with Crippen molar-refractivity contribution in [1.82, 2.24) is 10.6 Å². The summed E-state index contributed by atoms with van der Waals surface area (Å²) in [5.41, 5.74) is 7.47. The summed E-state index contributed by atoms with van der Waals surface area (Å²) in [7, 11) is 0. The number of carbonyl (C=O) groups is 1. The number of amides is 1. The van der Waals surface area contributed by atoms with Crippen molar-refractivity contribution in [2.45, 2.75) is 62.7 Å². The molecule has 200 valence electrons. The number of ether oxygens (including phenoxy) is 1. The Bertz CT molecular complexity index is 1200. The lowest BCUT2D eigenvalue weighted by Crippen LogP contribution is -2.44. The van der Waals surface area contributed by atoms with Crippen LogP contribution in [0.15, 0.2) is 72.8 Å². The van der Waals surface area contributed by atoms with Gasteiger partial charge in [0.15, 0.2) is 0 Å². The van der Waals surface area contributed by atoms with Crippen molar-refractivity contribution in [3.05, 3.63) is 106 Å². The number of carbonyl (C=O) groups excluding carboxylic acids is 1. The molecule has 0 unspecified atom stereocenters. The van der Waals surface area contributed by atoms with Crippen molar-refractivity contribution in [3.8, 4) is 0 Å². The molecular weight excluding hydrogens is 492 g/mol. The highest BCUT2D eigenvalue weighted by Crippen LogP contribution is 2.31. The third-order valence-electron chi connectivity index (χ3n) is 7.60. The van der Waals surface area contributed by atoms with E-state index in [9.17, 15) is 9.90 Å². The van der Waals surface area contributed by atoms with E-state index in [2.05, 4.69) is 66.1 Å². The van der Waals surface area contributed by atoms with Crippen LogP contribution in [-0.2, 0) is 34.5 Å². The summed E-state index contributed by atoms with van der Waals surface area (Å²) in [6.45, 7) is 3.43. The van der Waals surface area contributed by atoms with Crippen LogP contribution in [0.1, 0.15) is 45.8 Å². The number of aryl methyl sites for hydroxylation is 2. The van der Waals surface area contributed by atoms with Crippen molar-refractivity contribution in [1.29, 1.82) is 0 Å². The summed E-state index contributed by atoms with van der Waals surface area (Å²) >= 11 is 1.98. The highest BCUT2D eigenvalue weighted by atomic mass is 32.2. The molecule has 5 nitrogen and oxygen atoms in total. The summed E-state index contributed by atoms with van der Waals surface area (Å²) in [6.07, 6.45) is 2.62. The molecule has 0 saturated carbocycles. The first kappa shape index (κ1) is 26.9. The number of aliphatic hydroxyl groups is 1. The van der Waals surface area contributed by atoms with Gasteiger partial charge in [-0.3, -0.25) is 4.79 Å². The lowest BCUT2D eigenvalue weighted by Gasteiger charge is -2.20. The number of thioether (sulfide) groups is 1. The van der Waals surface area contributed by atoms with Gasteiger partial charge in [-0.25, -0.2) is 0 Å². The second-order valence-corrected chi connectivity index (χ2v) is 11.6. The van der Waals surface area contributed by atoms with E-state index in [1.807, 2.05) is 36.0 Å². The van der Waals surface area contributed by atoms with Crippen LogP contribution in [0.3, 0.4) is 0 Å². The number of hydrogen-bond acceptors (Lipinski definition) is 5. The van der Waals surface area contributed by atoms with Crippen LogP contribution in [0.4, 0.5) is 0 Å². The number of benzene rings is 3. The maximum Gasteiger partial charge on any atom is 0.237 e. The van der Waals surface area contributed by atoms with Crippen molar-refractivity contribution >= 4 is 17.7 Å². The van der Waals surface area contributed by atoms with E-state index in [0.29, 0.717) is 26.0 Å². The molecule has 3 aromatic carbocycles. The molecule has 3 N–H and O–H groups in total. The monoisotopic (exact) mass is 530 g/mol. The van der Waals surface area contributed by atoms with Gasteiger partial charge in [0.1, 0.15) is 0 Å². The molecule has 1 amide bonds. The normalized spacial score (nSPS) is 22.4. The van der Waals surface area contributed by atoms with Gasteiger partial charge in [-0.2, -0.15) is 11.8 Å². The number of hydrogen-bond donors (Lipinski definition) is 3. The molecule has 1 aliphatic carbocycles. The second-order valence-electron chi connectivity index (χ2n) is 10.5. The van der Waals surface area contributed by atoms with Crippen LogP contribution >= 0.6 is 11.8 Å². The zero-order valence-corrected chi connectivity index (χ0v) is 22.9. The Morgan fingerprint density at radius 1 is 1.00 bits per heavy atom. The number of fused-ring (bicyclic) bond motifs is 1. The van der Waals surface area contributed by atoms with E-state index < -0.39 is 6.10 Å². The molecule has 0 bridgehead atoms. The van der Waals surface area contributed by atoms with Crippen molar-refractivity contribution in [2.75, 3.05) is 18.9 Å². The molecule has 5 rings (SSSR count). The first-order chi connectivity index (χ1) is 18.5. The molecule has 0 radical (unpaired) electrons. The Labute approximate surface area is 230 Å². The maximum atomic E-state index is 12.9. The molecule has 2 aliphatic rings. The highest BCUT2D eigenvalue weighted by Gasteiger charge is 2.36. The van der Waals surface area contributed by atoms with E-state index in [0.717, 1.165) is 35.5 Å². The average molecular weight is 531 g/mol. The van der Waals surface area contributed by atoms with Gasteiger partial charge in [0, 0.05) is 18.7 Å². The predicted octanol–water partition coefficient (Wildman–Crippen LogP) is 4.54. The summed E-state index contributed by atoms with van der Waals surface area (Å²) < 4.78 is 6.10. The summed E-state index contributed by atoms with van der Waals surface area (Å²) in [6, 6.07) is 25.0. The molecule has 0 spiro atoms. The van der Waals surface area contributed by atoms with Gasteiger partial charge in [0.25, 0.3) is 0 Å². The minimum absolute atomic E-state index is 0.0244. The van der Waals surface area contributed by atoms with Gasteiger partial charge in [0.05, 0.1) is 30.9 Å². The summed E-state index contributed by atoms with van der Waals surface area (Å²) in [5, 5.41) is 16.8. The fourth-order valence-electron chi connectivity index (χ4n) is 5.31.